The molecule has 3 amide bonds. The van der Waals surface area contributed by atoms with Gasteiger partial charge in [-0.15, -0.1) is 12.4 Å². The molecule has 24 heavy (non-hydrogen) atoms. The zero-order valence-corrected chi connectivity index (χ0v) is 14.9. The number of rotatable bonds is 6. The highest BCUT2D eigenvalue weighted by atomic mass is 35.5. The van der Waals surface area contributed by atoms with Crippen LogP contribution in [0.5, 0.6) is 0 Å². The van der Waals surface area contributed by atoms with Gasteiger partial charge in [-0.25, -0.2) is 4.79 Å². The summed E-state index contributed by atoms with van der Waals surface area (Å²) >= 11 is 0. The van der Waals surface area contributed by atoms with E-state index in [1.165, 1.54) is 12.8 Å². The Morgan fingerprint density at radius 2 is 2.12 bits per heavy atom. The zero-order valence-electron chi connectivity index (χ0n) is 14.1. The molecule has 7 heteroatoms. The van der Waals surface area contributed by atoms with E-state index < -0.39 is 0 Å². The fourth-order valence-corrected chi connectivity index (χ4v) is 2.71. The van der Waals surface area contributed by atoms with Crippen molar-refractivity contribution in [1.29, 1.82) is 0 Å². The van der Waals surface area contributed by atoms with Crippen molar-refractivity contribution < 1.29 is 9.59 Å². The first kappa shape index (κ1) is 20.3. The number of benzene rings is 1. The van der Waals surface area contributed by atoms with E-state index in [2.05, 4.69) is 21.3 Å². The maximum Gasteiger partial charge on any atom is 0.319 e. The van der Waals surface area contributed by atoms with Crippen LogP contribution < -0.4 is 21.3 Å². The number of amides is 3. The average molecular weight is 355 g/mol. The van der Waals surface area contributed by atoms with Crippen LogP contribution in [0, 0.1) is 12.8 Å². The van der Waals surface area contributed by atoms with E-state index in [0.29, 0.717) is 18.2 Å². The standard InChI is InChI=1S/C17H26N4O2.ClH/c1-13-4-2-6-15(10-13)21-17(23)20-12-16(22)19-9-7-14-5-3-8-18-11-14;/h2,4,6,10,14,18H,3,5,7-9,11-12H2,1H3,(H,19,22)(H2,20,21,23);1H. The topological polar surface area (TPSA) is 82.3 Å². The summed E-state index contributed by atoms with van der Waals surface area (Å²) in [5, 5.41) is 11.5. The van der Waals surface area contributed by atoms with Gasteiger partial charge in [-0.2, -0.15) is 0 Å². The fourth-order valence-electron chi connectivity index (χ4n) is 2.71. The SMILES string of the molecule is Cc1cccc(NC(=O)NCC(=O)NCCC2CCCNC2)c1.Cl. The number of hydrogen-bond donors (Lipinski definition) is 4. The summed E-state index contributed by atoms with van der Waals surface area (Å²) in [4.78, 5) is 23.5. The molecule has 4 N–H and O–H groups in total. The number of halogens is 1. The van der Waals surface area contributed by atoms with Crippen molar-refractivity contribution in [3.63, 3.8) is 0 Å². The molecule has 0 bridgehead atoms. The lowest BCUT2D eigenvalue weighted by Crippen LogP contribution is -2.40. The predicted molar refractivity (Wildman–Crippen MR) is 98.7 cm³/mol. The Hall–Kier alpha value is -1.79. The minimum atomic E-state index is -0.373. The number of piperidine rings is 1. The molecule has 0 saturated carbocycles. The second-order valence-electron chi connectivity index (χ2n) is 6.03. The maximum atomic E-state index is 11.7. The first-order chi connectivity index (χ1) is 11.1. The molecule has 1 aromatic carbocycles. The Bertz CT molecular complexity index is 533. The van der Waals surface area contributed by atoms with Gasteiger partial charge in [0.1, 0.15) is 0 Å². The normalized spacial score (nSPS) is 16.6. The minimum absolute atomic E-state index is 0. The van der Waals surface area contributed by atoms with Crippen molar-refractivity contribution in [3.05, 3.63) is 29.8 Å². The van der Waals surface area contributed by atoms with E-state index in [1.807, 2.05) is 31.2 Å². The minimum Gasteiger partial charge on any atom is -0.355 e. The monoisotopic (exact) mass is 354 g/mol. The summed E-state index contributed by atoms with van der Waals surface area (Å²) < 4.78 is 0. The van der Waals surface area contributed by atoms with Gasteiger partial charge >= 0.3 is 6.03 Å². The third-order valence-corrected chi connectivity index (χ3v) is 3.96. The molecule has 0 aromatic heterocycles. The highest BCUT2D eigenvalue weighted by Crippen LogP contribution is 2.12. The quantitative estimate of drug-likeness (QED) is 0.631. The molecule has 0 radical (unpaired) electrons. The number of carbonyl (C=O) groups is 2. The van der Waals surface area contributed by atoms with Crippen LogP contribution in [-0.2, 0) is 4.79 Å². The van der Waals surface area contributed by atoms with E-state index in [1.54, 1.807) is 0 Å². The predicted octanol–water partition coefficient (Wildman–Crippen LogP) is 2.04. The van der Waals surface area contributed by atoms with Gasteiger partial charge in [0.15, 0.2) is 0 Å². The first-order valence-electron chi connectivity index (χ1n) is 8.22. The summed E-state index contributed by atoms with van der Waals surface area (Å²) in [7, 11) is 0. The van der Waals surface area contributed by atoms with Crippen molar-refractivity contribution in [2.75, 3.05) is 31.5 Å². The van der Waals surface area contributed by atoms with Crippen LogP contribution in [0.3, 0.4) is 0 Å². The summed E-state index contributed by atoms with van der Waals surface area (Å²) in [5.74, 6) is 0.481. The van der Waals surface area contributed by atoms with Gasteiger partial charge in [0.05, 0.1) is 6.54 Å². The largest absolute Gasteiger partial charge is 0.355 e. The molecule has 1 aliphatic rings. The van der Waals surface area contributed by atoms with Gasteiger partial charge in [-0.05, 0) is 62.9 Å². The molecule has 6 nitrogen and oxygen atoms in total. The highest BCUT2D eigenvalue weighted by Gasteiger charge is 2.13. The van der Waals surface area contributed by atoms with Crippen molar-refractivity contribution in [2.45, 2.75) is 26.2 Å². The van der Waals surface area contributed by atoms with Crippen LogP contribution in [0.4, 0.5) is 10.5 Å². The van der Waals surface area contributed by atoms with Gasteiger partial charge in [-0.3, -0.25) is 4.79 Å². The molecular weight excluding hydrogens is 328 g/mol. The van der Waals surface area contributed by atoms with Crippen LogP contribution >= 0.6 is 12.4 Å². The van der Waals surface area contributed by atoms with Crippen molar-refractivity contribution >= 4 is 30.0 Å². The number of nitrogens with one attached hydrogen (secondary N) is 4. The molecule has 2 rings (SSSR count). The van der Waals surface area contributed by atoms with Crippen LogP contribution in [0.15, 0.2) is 24.3 Å². The lowest BCUT2D eigenvalue weighted by molar-refractivity contribution is -0.120. The van der Waals surface area contributed by atoms with Crippen molar-refractivity contribution in [2.24, 2.45) is 5.92 Å². The summed E-state index contributed by atoms with van der Waals surface area (Å²) in [6.07, 6.45) is 3.41. The molecule has 0 aliphatic carbocycles. The molecule has 1 aromatic rings. The van der Waals surface area contributed by atoms with E-state index in [4.69, 9.17) is 0 Å². The second-order valence-corrected chi connectivity index (χ2v) is 6.03. The lowest BCUT2D eigenvalue weighted by Gasteiger charge is -2.22. The average Bonchev–Trinajstić information content (AvgIpc) is 2.54. The van der Waals surface area contributed by atoms with Crippen molar-refractivity contribution in [3.8, 4) is 0 Å². The van der Waals surface area contributed by atoms with E-state index in [0.717, 1.165) is 25.1 Å². The lowest BCUT2D eigenvalue weighted by atomic mass is 9.96. The van der Waals surface area contributed by atoms with Crippen LogP contribution in [0.1, 0.15) is 24.8 Å². The van der Waals surface area contributed by atoms with Crippen molar-refractivity contribution in [1.82, 2.24) is 16.0 Å². The van der Waals surface area contributed by atoms with E-state index in [-0.39, 0.29) is 30.9 Å². The van der Waals surface area contributed by atoms with Crippen LogP contribution in [0.2, 0.25) is 0 Å². The smallest absolute Gasteiger partial charge is 0.319 e. The number of aryl methyl sites for hydroxylation is 1. The zero-order chi connectivity index (χ0) is 16.5. The maximum absolute atomic E-state index is 11.7. The summed E-state index contributed by atoms with van der Waals surface area (Å²) in [6.45, 7) is 4.74. The Morgan fingerprint density at radius 3 is 2.83 bits per heavy atom. The Kier molecular flexibility index (Phi) is 9.19. The molecule has 1 fully saturated rings. The molecule has 1 saturated heterocycles. The van der Waals surface area contributed by atoms with E-state index in [9.17, 15) is 9.59 Å². The summed E-state index contributed by atoms with van der Waals surface area (Å²) in [5.41, 5.74) is 1.78. The number of urea groups is 1. The fraction of sp³-hybridized carbons (Fsp3) is 0.529. The van der Waals surface area contributed by atoms with Gasteiger partial charge in [0.25, 0.3) is 0 Å². The Morgan fingerprint density at radius 1 is 1.29 bits per heavy atom. The summed E-state index contributed by atoms with van der Waals surface area (Å²) in [6, 6.07) is 7.14. The van der Waals surface area contributed by atoms with Gasteiger partial charge in [0.2, 0.25) is 5.91 Å². The Labute approximate surface area is 149 Å². The molecule has 1 atom stereocenters. The third kappa shape index (κ3) is 7.66. The highest BCUT2D eigenvalue weighted by molar-refractivity contribution is 5.92. The van der Waals surface area contributed by atoms with Gasteiger partial charge in [-0.1, -0.05) is 12.1 Å². The molecule has 1 unspecified atom stereocenters. The third-order valence-electron chi connectivity index (χ3n) is 3.96. The molecular formula is C17H27ClN4O2. The van der Waals surface area contributed by atoms with Gasteiger partial charge in [0, 0.05) is 12.2 Å². The number of anilines is 1. The van der Waals surface area contributed by atoms with Crippen LogP contribution in [-0.4, -0.2) is 38.1 Å². The van der Waals surface area contributed by atoms with Gasteiger partial charge < -0.3 is 21.3 Å². The molecule has 0 spiro atoms. The van der Waals surface area contributed by atoms with Crippen LogP contribution in [0.25, 0.3) is 0 Å². The second kappa shape index (κ2) is 10.9. The molecule has 134 valence electrons. The number of hydrogen-bond acceptors (Lipinski definition) is 3. The molecule has 1 aliphatic heterocycles. The molecule has 1 heterocycles. The first-order valence-corrected chi connectivity index (χ1v) is 8.22. The number of carbonyl (C=O) groups excluding carboxylic acids is 2. The Balaban J connectivity index is 0.00000288. The van der Waals surface area contributed by atoms with E-state index >= 15 is 0 Å².